The Morgan fingerprint density at radius 1 is 0.800 bits per heavy atom. The number of carbonyl (C=O) groups excluding carboxylic acids is 3. The molecule has 9 nitrogen and oxygen atoms in total. The average Bonchev–Trinajstić information content (AvgIpc) is 2.46. The molecule has 0 aromatic carbocycles. The van der Waals surface area contributed by atoms with Gasteiger partial charge in [-0.25, -0.2) is 0 Å². The van der Waals surface area contributed by atoms with Gasteiger partial charge >= 0.3 is 66.2 Å². The van der Waals surface area contributed by atoms with E-state index in [0.29, 0.717) is 0 Å². The van der Waals surface area contributed by atoms with Crippen molar-refractivity contribution in [3.63, 3.8) is 0 Å². The molecule has 25 heavy (non-hydrogen) atoms. The van der Waals surface area contributed by atoms with E-state index in [0.717, 1.165) is 20.8 Å². The minimum Gasteiger partial charge on any atom is 3.00 e. The Kier molecular flexibility index (Phi) is 36.3. The van der Waals surface area contributed by atoms with E-state index in [1.165, 1.54) is 50.9 Å². The number of carboxylic acids is 3. The summed E-state index contributed by atoms with van der Waals surface area (Å²) in [5, 5.41) is 51.9. The Morgan fingerprint density at radius 3 is 1.04 bits per heavy atom. The summed E-state index contributed by atoms with van der Waals surface area (Å²) in [5.41, 5.74) is 0. The van der Waals surface area contributed by atoms with Gasteiger partial charge in [-0.1, -0.05) is 0 Å². The fourth-order valence-corrected chi connectivity index (χ4v) is 1.000. The molecule has 0 aliphatic rings. The molecule has 0 aliphatic carbocycles. The Bertz CT molecular complexity index is 277. The number of aliphatic carboxylic acids is 3. The van der Waals surface area contributed by atoms with Gasteiger partial charge in [0.1, 0.15) is 0 Å². The van der Waals surface area contributed by atoms with Gasteiger partial charge in [0.05, 0.1) is 36.2 Å². The van der Waals surface area contributed by atoms with Crippen LogP contribution in [0.3, 0.4) is 0 Å². The topological polar surface area (TPSA) is 181 Å². The van der Waals surface area contributed by atoms with E-state index in [4.69, 9.17) is 15.3 Å². The summed E-state index contributed by atoms with van der Waals surface area (Å²) < 4.78 is 1.49. The molecule has 11 heteroatoms. The molecule has 0 bridgehead atoms. The van der Waals surface area contributed by atoms with Crippen LogP contribution in [-0.4, -0.2) is 87.9 Å². The van der Waals surface area contributed by atoms with Crippen LogP contribution < -0.4 is 15.3 Å². The van der Waals surface area contributed by atoms with Crippen molar-refractivity contribution < 1.29 is 45.0 Å². The first kappa shape index (κ1) is 35.5. The minimum atomic E-state index is -1.44. The van der Waals surface area contributed by atoms with Crippen molar-refractivity contribution in [3.8, 4) is 0 Å². The Morgan fingerprint density at radius 2 is 1.00 bits per heavy atom. The van der Waals surface area contributed by atoms with Gasteiger partial charge in [0.25, 0.3) is 0 Å². The summed E-state index contributed by atoms with van der Waals surface area (Å²) in [6.07, 6.45) is 0.272. The molecule has 0 amide bonds. The minimum absolute atomic E-state index is 0. The van der Waals surface area contributed by atoms with Gasteiger partial charge in [-0.2, -0.15) is 0 Å². The monoisotopic (exact) mass is 372 g/mol. The maximum absolute atomic E-state index is 9.34. The molecule has 3 unspecified atom stereocenters. The molecular weight excluding hydrogens is 346 g/mol. The number of rotatable bonds is 6. The van der Waals surface area contributed by atoms with Crippen LogP contribution >= 0.6 is 0 Å². The summed E-state index contributed by atoms with van der Waals surface area (Å²) in [4.78, 5) is 28.0. The molecule has 0 spiro atoms. The zero-order chi connectivity index (χ0) is 20.3. The number of aliphatic hydroxyl groups excluding tert-OH is 3. The number of hydrogen-bond acceptors (Lipinski definition) is 9. The quantitative estimate of drug-likeness (QED) is 0.307. The normalized spacial score (nSPS) is 12.0. The first-order valence-electron chi connectivity index (χ1n) is 7.51. The zero-order valence-electron chi connectivity index (χ0n) is 15.4. The molecule has 3 atom stereocenters. The second kappa shape index (κ2) is 25.6. The van der Waals surface area contributed by atoms with Crippen LogP contribution in [0.5, 0.6) is 0 Å². The van der Waals surface area contributed by atoms with Gasteiger partial charge in [-0.3, -0.25) is 0 Å². The molecular formula is C14H26BNaO9. The van der Waals surface area contributed by atoms with Crippen molar-refractivity contribution in [2.24, 2.45) is 0 Å². The van der Waals surface area contributed by atoms with Gasteiger partial charge in [0, 0.05) is 0 Å². The molecule has 0 heterocycles. The third-order valence-corrected chi connectivity index (χ3v) is 2.69. The second-order valence-electron chi connectivity index (χ2n) is 4.69. The molecule has 0 saturated carbocycles. The Hall–Kier alpha value is -0.645. The molecule has 0 fully saturated rings. The van der Waals surface area contributed by atoms with Gasteiger partial charge < -0.3 is 45.0 Å². The largest absolute Gasteiger partial charge is 3.00 e. The molecule has 0 aromatic rings. The standard InChI is InChI=1S/C5H11.3C3H6O3.B.Na/c1-3-5-4-2;3*1-2(4)3(5)6;;/h1,3-5H2,2H3;3*2,4H,1H3,(H,5,6);;/q;;;;+3;/p-3. The third kappa shape index (κ3) is 51.7. The Labute approximate surface area is 168 Å². The van der Waals surface area contributed by atoms with Crippen molar-refractivity contribution in [2.45, 2.75) is 68.9 Å². The van der Waals surface area contributed by atoms with Crippen molar-refractivity contribution in [1.82, 2.24) is 0 Å². The van der Waals surface area contributed by atoms with E-state index in [1.807, 2.05) is 0 Å². The van der Waals surface area contributed by atoms with Gasteiger partial charge in [0.15, 0.2) is 0 Å². The smallest absolute Gasteiger partial charge is 3.00 e. The zero-order valence-corrected chi connectivity index (χ0v) is 17.4. The molecule has 140 valence electrons. The van der Waals surface area contributed by atoms with E-state index < -0.39 is 36.2 Å². The van der Waals surface area contributed by atoms with Gasteiger partial charge in [0.2, 0.25) is 0 Å². The van der Waals surface area contributed by atoms with Gasteiger partial charge in [-0.15, -0.1) is 0 Å². The summed E-state index contributed by atoms with van der Waals surface area (Å²) in [6, 6.07) is 0. The second-order valence-corrected chi connectivity index (χ2v) is 5.69. The predicted molar refractivity (Wildman–Crippen MR) is 85.9 cm³/mol. The van der Waals surface area contributed by atoms with Crippen LogP contribution in [0.15, 0.2) is 0 Å². The van der Waals surface area contributed by atoms with E-state index in [2.05, 4.69) is 6.92 Å². The molecule has 0 saturated heterocycles. The fraction of sp³-hybridized carbons (Fsp3) is 0.786. The number of unbranched alkanes of at least 4 members (excludes halogenated alkanes) is 2. The first-order chi connectivity index (χ1) is 10.8. The predicted octanol–water partition coefficient (Wildman–Crippen LogP) is -4.27. The van der Waals surface area contributed by atoms with Crippen molar-refractivity contribution in [3.05, 3.63) is 0 Å². The summed E-state index contributed by atoms with van der Waals surface area (Å²) in [5.74, 6) is -4.31. The molecule has 3 N–H and O–H groups in total. The maximum Gasteiger partial charge on any atom is 3.00 e. The van der Waals surface area contributed by atoms with E-state index in [1.54, 1.807) is 0 Å². The number of carbonyl (C=O) groups is 3. The van der Waals surface area contributed by atoms with E-state index >= 15 is 0 Å². The maximum atomic E-state index is 9.34. The Balaban J connectivity index is -0.0000000702. The van der Waals surface area contributed by atoms with E-state index in [-0.39, 0.29) is 8.41 Å². The molecule has 0 rings (SSSR count). The van der Waals surface area contributed by atoms with Crippen molar-refractivity contribution in [1.29, 1.82) is 0 Å². The number of hydrogen-bond donors (Lipinski definition) is 3. The first-order valence-corrected chi connectivity index (χ1v) is 8.93. The average molecular weight is 372 g/mol. The van der Waals surface area contributed by atoms with Crippen LogP contribution in [-0.2, 0) is 14.4 Å². The fourth-order valence-electron chi connectivity index (χ4n) is 0.500. The van der Waals surface area contributed by atoms with E-state index in [9.17, 15) is 29.7 Å². The molecule has 0 radical (unpaired) electrons. The van der Waals surface area contributed by atoms with Gasteiger partial charge in [-0.05, 0) is 20.8 Å². The number of carboxylic acid groups (broad SMARTS) is 3. The van der Waals surface area contributed by atoms with Crippen LogP contribution in [0.1, 0.15) is 47.0 Å². The third-order valence-electron chi connectivity index (χ3n) is 1.98. The molecule has 0 aliphatic heterocycles. The van der Waals surface area contributed by atoms with Crippen molar-refractivity contribution >= 4 is 54.3 Å². The van der Waals surface area contributed by atoms with Crippen LogP contribution in [0.25, 0.3) is 0 Å². The molecule has 0 aromatic heterocycles. The summed E-state index contributed by atoms with van der Waals surface area (Å²) in [6.45, 7) is 5.65. The van der Waals surface area contributed by atoms with Crippen LogP contribution in [0, 0.1) is 0 Å². The summed E-state index contributed by atoms with van der Waals surface area (Å²) >= 11 is 1.40. The number of aliphatic hydroxyl groups is 3. The SMILES string of the molecule is CC(O)C(=O)[O-].CC(O)C(=O)[O-].CC(O)C(=O)[O-].CCCC[CH2][Na].[B+3]. The summed E-state index contributed by atoms with van der Waals surface area (Å²) in [7, 11) is 0. The van der Waals surface area contributed by atoms with Crippen molar-refractivity contribution in [2.75, 3.05) is 0 Å². The van der Waals surface area contributed by atoms with Crippen LogP contribution in [0.4, 0.5) is 0 Å². The van der Waals surface area contributed by atoms with Crippen LogP contribution in [0.2, 0.25) is 3.67 Å².